The van der Waals surface area contributed by atoms with E-state index in [4.69, 9.17) is 16.6 Å². The molecule has 5 nitrogen and oxygen atoms in total. The van der Waals surface area contributed by atoms with Crippen LogP contribution in [0.5, 0.6) is 0 Å². The molecule has 2 aliphatic heterocycles. The highest BCUT2D eigenvalue weighted by Crippen LogP contribution is 2.41. The number of para-hydroxylation sites is 1. The third-order valence-electron chi connectivity index (χ3n) is 7.35. The van der Waals surface area contributed by atoms with Crippen LogP contribution in [0.25, 0.3) is 11.0 Å². The van der Waals surface area contributed by atoms with E-state index in [1.165, 1.54) is 11.1 Å². The second-order valence-corrected chi connectivity index (χ2v) is 10.2. The first-order valence-corrected chi connectivity index (χ1v) is 12.2. The van der Waals surface area contributed by atoms with Crippen molar-refractivity contribution in [3.05, 3.63) is 64.9 Å². The minimum Gasteiger partial charge on any atom is -0.451 e. The molecule has 172 valence electrons. The van der Waals surface area contributed by atoms with Crippen molar-refractivity contribution < 1.29 is 9.21 Å². The number of anilines is 1. The van der Waals surface area contributed by atoms with Crippen molar-refractivity contribution in [2.24, 2.45) is 5.41 Å². The lowest BCUT2D eigenvalue weighted by Crippen LogP contribution is -2.46. The van der Waals surface area contributed by atoms with Gasteiger partial charge in [-0.25, -0.2) is 0 Å². The maximum absolute atomic E-state index is 13.3. The van der Waals surface area contributed by atoms with E-state index in [1.807, 2.05) is 36.1 Å². The van der Waals surface area contributed by atoms with E-state index >= 15 is 0 Å². The number of carbonyl (C=O) groups is 1. The first-order valence-electron chi connectivity index (χ1n) is 11.8. The summed E-state index contributed by atoms with van der Waals surface area (Å²) in [5.41, 5.74) is 5.42. The largest absolute Gasteiger partial charge is 0.451 e. The fourth-order valence-corrected chi connectivity index (χ4v) is 5.77. The maximum atomic E-state index is 13.3. The van der Waals surface area contributed by atoms with Gasteiger partial charge in [-0.15, -0.1) is 0 Å². The molecule has 2 saturated heterocycles. The minimum atomic E-state index is 0.0232. The Labute approximate surface area is 200 Å². The highest BCUT2D eigenvalue weighted by molar-refractivity contribution is 7.80. The van der Waals surface area contributed by atoms with E-state index in [0.717, 1.165) is 72.8 Å². The summed E-state index contributed by atoms with van der Waals surface area (Å²) in [6.07, 6.45) is 3.14. The Balaban J connectivity index is 1.21. The average molecular weight is 462 g/mol. The molecular weight excluding hydrogens is 430 g/mol. The molecule has 0 bridgehead atoms. The standard InChI is InChI=1S/C27H31N3O2S/c1-18-14-19(2)16-21(15-18)28-26(33)29-11-8-27(9-12-29)10-13-30(17-27)25(31)24-20(3)22-6-4-5-7-23(22)32-24/h4-7,14-16H,8-13,17H2,1-3H3,(H,28,33). The van der Waals surface area contributed by atoms with E-state index in [0.29, 0.717) is 5.76 Å². The predicted molar refractivity (Wildman–Crippen MR) is 137 cm³/mol. The van der Waals surface area contributed by atoms with E-state index < -0.39 is 0 Å². The van der Waals surface area contributed by atoms with Crippen LogP contribution in [0.2, 0.25) is 0 Å². The van der Waals surface area contributed by atoms with Crippen LogP contribution in [0.3, 0.4) is 0 Å². The van der Waals surface area contributed by atoms with Gasteiger partial charge in [0.25, 0.3) is 5.91 Å². The van der Waals surface area contributed by atoms with E-state index in [9.17, 15) is 4.79 Å². The molecule has 1 spiro atoms. The van der Waals surface area contributed by atoms with Crippen LogP contribution in [-0.4, -0.2) is 47.0 Å². The van der Waals surface area contributed by atoms with Crippen LogP contribution in [0.4, 0.5) is 5.69 Å². The van der Waals surface area contributed by atoms with Crippen molar-refractivity contribution >= 4 is 39.9 Å². The Morgan fingerprint density at radius 1 is 0.970 bits per heavy atom. The summed E-state index contributed by atoms with van der Waals surface area (Å²) in [6, 6.07) is 14.3. The fraction of sp³-hybridized carbons (Fsp3) is 0.407. The highest BCUT2D eigenvalue weighted by atomic mass is 32.1. The number of piperidine rings is 1. The number of nitrogens with zero attached hydrogens (tertiary/aromatic N) is 2. The zero-order chi connectivity index (χ0) is 23.2. The monoisotopic (exact) mass is 461 g/mol. The smallest absolute Gasteiger partial charge is 0.289 e. The average Bonchev–Trinajstić information content (AvgIpc) is 3.35. The van der Waals surface area contributed by atoms with Gasteiger partial charge >= 0.3 is 0 Å². The topological polar surface area (TPSA) is 48.7 Å². The van der Waals surface area contributed by atoms with Gasteiger partial charge in [0.2, 0.25) is 0 Å². The predicted octanol–water partition coefficient (Wildman–Crippen LogP) is 5.68. The van der Waals surface area contributed by atoms with Crippen molar-refractivity contribution in [2.45, 2.75) is 40.0 Å². The molecule has 2 aromatic carbocycles. The molecule has 6 heteroatoms. The Morgan fingerprint density at radius 2 is 1.61 bits per heavy atom. The van der Waals surface area contributed by atoms with Crippen molar-refractivity contribution in [3.63, 3.8) is 0 Å². The van der Waals surface area contributed by atoms with Gasteiger partial charge in [0.05, 0.1) is 0 Å². The molecule has 0 atom stereocenters. The van der Waals surface area contributed by atoms with E-state index in [-0.39, 0.29) is 11.3 Å². The van der Waals surface area contributed by atoms with Gasteiger partial charge in [-0.2, -0.15) is 0 Å². The molecule has 1 amide bonds. The fourth-order valence-electron chi connectivity index (χ4n) is 5.47. The van der Waals surface area contributed by atoms with Crippen LogP contribution in [-0.2, 0) is 0 Å². The number of carbonyl (C=O) groups excluding carboxylic acids is 1. The van der Waals surface area contributed by atoms with Crippen LogP contribution < -0.4 is 5.32 Å². The normalized spacial score (nSPS) is 17.7. The highest BCUT2D eigenvalue weighted by Gasteiger charge is 2.43. The zero-order valence-corrected chi connectivity index (χ0v) is 20.4. The summed E-state index contributed by atoms with van der Waals surface area (Å²) in [6.45, 7) is 9.61. The number of aryl methyl sites for hydroxylation is 3. The third kappa shape index (κ3) is 4.24. The maximum Gasteiger partial charge on any atom is 0.289 e. The van der Waals surface area contributed by atoms with Gasteiger partial charge in [0, 0.05) is 42.8 Å². The van der Waals surface area contributed by atoms with Crippen molar-refractivity contribution in [1.82, 2.24) is 9.80 Å². The molecule has 0 saturated carbocycles. The van der Waals surface area contributed by atoms with Crippen LogP contribution in [0.15, 0.2) is 46.9 Å². The summed E-state index contributed by atoms with van der Waals surface area (Å²) in [7, 11) is 0. The number of hydrogen-bond acceptors (Lipinski definition) is 3. The Hall–Kier alpha value is -2.86. The Bertz CT molecular complexity index is 1200. The van der Waals surface area contributed by atoms with E-state index in [1.54, 1.807) is 0 Å². The van der Waals surface area contributed by atoms with Gasteiger partial charge in [-0.1, -0.05) is 24.3 Å². The quantitative estimate of drug-likeness (QED) is 0.497. The molecule has 3 aromatic rings. The third-order valence-corrected chi connectivity index (χ3v) is 7.71. The SMILES string of the molecule is Cc1cc(C)cc(NC(=S)N2CCC3(CCN(C(=O)c4oc5ccccc5c4C)C3)CC2)c1. The van der Waals surface area contributed by atoms with E-state index in [2.05, 4.69) is 42.3 Å². The molecule has 0 radical (unpaired) electrons. The van der Waals surface area contributed by atoms with Crippen molar-refractivity contribution in [1.29, 1.82) is 0 Å². The number of amides is 1. The summed E-state index contributed by atoms with van der Waals surface area (Å²) in [4.78, 5) is 17.5. The number of rotatable bonds is 2. The second-order valence-electron chi connectivity index (χ2n) is 9.82. The zero-order valence-electron chi connectivity index (χ0n) is 19.6. The summed E-state index contributed by atoms with van der Waals surface area (Å²) in [5.74, 6) is 0.513. The Morgan fingerprint density at radius 3 is 2.27 bits per heavy atom. The Kier molecular flexibility index (Phi) is 5.65. The lowest BCUT2D eigenvalue weighted by atomic mass is 9.78. The summed E-state index contributed by atoms with van der Waals surface area (Å²) in [5, 5.41) is 5.23. The van der Waals surface area contributed by atoms with Crippen LogP contribution >= 0.6 is 12.2 Å². The molecular formula is C27H31N3O2S. The summed E-state index contributed by atoms with van der Waals surface area (Å²) >= 11 is 5.72. The number of furan rings is 1. The molecule has 2 fully saturated rings. The van der Waals surface area contributed by atoms with Gasteiger partial charge in [0.15, 0.2) is 10.9 Å². The van der Waals surface area contributed by atoms with Gasteiger partial charge in [-0.05, 0) is 87.0 Å². The number of benzene rings is 2. The molecule has 33 heavy (non-hydrogen) atoms. The number of likely N-dealkylation sites (tertiary alicyclic amines) is 2. The van der Waals surface area contributed by atoms with Gasteiger partial charge in [-0.3, -0.25) is 4.79 Å². The summed E-state index contributed by atoms with van der Waals surface area (Å²) < 4.78 is 5.95. The lowest BCUT2D eigenvalue weighted by Gasteiger charge is -2.40. The first kappa shape index (κ1) is 22.0. The number of hydrogen-bond donors (Lipinski definition) is 1. The number of fused-ring (bicyclic) bond motifs is 1. The molecule has 1 N–H and O–H groups in total. The minimum absolute atomic E-state index is 0.0232. The molecule has 0 unspecified atom stereocenters. The molecule has 2 aliphatic rings. The van der Waals surface area contributed by atoms with Crippen molar-refractivity contribution in [2.75, 3.05) is 31.5 Å². The van der Waals surface area contributed by atoms with Gasteiger partial charge in [0.1, 0.15) is 5.58 Å². The van der Waals surface area contributed by atoms with Crippen LogP contribution in [0, 0.1) is 26.2 Å². The molecule has 5 rings (SSSR count). The first-order chi connectivity index (χ1) is 15.8. The molecule has 0 aliphatic carbocycles. The van der Waals surface area contributed by atoms with Crippen LogP contribution in [0.1, 0.15) is 46.5 Å². The number of thiocarbonyl (C=S) groups is 1. The van der Waals surface area contributed by atoms with Gasteiger partial charge < -0.3 is 19.5 Å². The number of nitrogens with one attached hydrogen (secondary N) is 1. The second kappa shape index (κ2) is 8.49. The lowest BCUT2D eigenvalue weighted by molar-refractivity contribution is 0.0719. The molecule has 3 heterocycles. The molecule has 1 aromatic heterocycles. The van der Waals surface area contributed by atoms with Crippen molar-refractivity contribution in [3.8, 4) is 0 Å².